The summed E-state index contributed by atoms with van der Waals surface area (Å²) in [5.74, 6) is 0.137. The van der Waals surface area contributed by atoms with E-state index in [1.807, 2.05) is 43.3 Å². The van der Waals surface area contributed by atoms with Gasteiger partial charge >= 0.3 is 0 Å². The number of rotatable bonds is 6. The molecule has 0 bridgehead atoms. The van der Waals surface area contributed by atoms with E-state index in [1.54, 1.807) is 12.1 Å². The lowest BCUT2D eigenvalue weighted by Gasteiger charge is -2.25. The Kier molecular flexibility index (Phi) is 7.09. The molecule has 1 saturated heterocycles. The second-order valence-corrected chi connectivity index (χ2v) is 8.73. The second-order valence-electron chi connectivity index (χ2n) is 8.73. The second kappa shape index (κ2) is 10.4. The van der Waals surface area contributed by atoms with E-state index in [0.29, 0.717) is 28.9 Å². The lowest BCUT2D eigenvalue weighted by Crippen LogP contribution is -2.32. The van der Waals surface area contributed by atoms with Gasteiger partial charge in [-0.15, -0.1) is 0 Å². The fourth-order valence-corrected chi connectivity index (χ4v) is 4.33. The van der Waals surface area contributed by atoms with E-state index in [-0.39, 0.29) is 23.0 Å². The van der Waals surface area contributed by atoms with Gasteiger partial charge in [-0.3, -0.25) is 4.79 Å². The van der Waals surface area contributed by atoms with Crippen molar-refractivity contribution in [2.75, 3.05) is 30.7 Å². The average Bonchev–Trinajstić information content (AvgIpc) is 2.84. The number of aromatic hydroxyl groups is 1. The maximum atomic E-state index is 12.5. The minimum atomic E-state index is -0.0390. The molecule has 0 unspecified atom stereocenters. The summed E-state index contributed by atoms with van der Waals surface area (Å²) in [5.41, 5.74) is 10.3. The number of piperidine rings is 1. The molecular weight excluding hydrogens is 426 g/mol. The maximum absolute atomic E-state index is 12.5. The summed E-state index contributed by atoms with van der Waals surface area (Å²) < 4.78 is 0. The highest BCUT2D eigenvalue weighted by Crippen LogP contribution is 2.35. The first-order valence-corrected chi connectivity index (χ1v) is 11.6. The first-order chi connectivity index (χ1) is 16.4. The Morgan fingerprint density at radius 2 is 1.94 bits per heavy atom. The van der Waals surface area contributed by atoms with E-state index < -0.39 is 0 Å². The number of phenolic OH excluding ortho intramolecular Hbond substituents is 1. The summed E-state index contributed by atoms with van der Waals surface area (Å²) in [6, 6.07) is 16.5. The smallest absolute Gasteiger partial charge is 0.225 e. The summed E-state index contributed by atoms with van der Waals surface area (Å²) in [6.07, 6.45) is 4.10. The number of nitrogens with one attached hydrogen (secondary N) is 1. The van der Waals surface area contributed by atoms with Gasteiger partial charge in [0.05, 0.1) is 5.69 Å². The number of hydrogen-bond acceptors (Lipinski definition) is 6. The molecule has 1 aliphatic heterocycles. The molecule has 1 fully saturated rings. The number of amides is 1. The molecule has 0 atom stereocenters. The molecule has 174 valence electrons. The van der Waals surface area contributed by atoms with Crippen molar-refractivity contribution in [2.45, 2.75) is 32.6 Å². The highest BCUT2D eigenvalue weighted by Gasteiger charge is 2.17. The van der Waals surface area contributed by atoms with Crippen LogP contribution in [0, 0.1) is 18.3 Å². The molecule has 1 aliphatic rings. The number of nitrogens with zero attached hydrogens (tertiary/aromatic N) is 3. The van der Waals surface area contributed by atoms with Crippen LogP contribution in [0.4, 0.5) is 11.5 Å². The van der Waals surface area contributed by atoms with E-state index in [4.69, 9.17) is 5.73 Å². The zero-order valence-corrected chi connectivity index (χ0v) is 19.3. The number of nitrogen functional groups attached to an aromatic ring is 1. The molecule has 4 N–H and O–H groups in total. The molecule has 0 saturated carbocycles. The number of hydrogen-bond donors (Lipinski definition) is 3. The molecule has 0 radical (unpaired) electrons. The lowest BCUT2D eigenvalue weighted by atomic mass is 9.97. The number of pyridine rings is 1. The zero-order valence-electron chi connectivity index (χ0n) is 19.3. The van der Waals surface area contributed by atoms with Crippen LogP contribution in [-0.4, -0.2) is 40.5 Å². The van der Waals surface area contributed by atoms with Crippen LogP contribution in [0.5, 0.6) is 5.75 Å². The number of benzene rings is 2. The first-order valence-electron chi connectivity index (χ1n) is 11.6. The minimum absolute atomic E-state index is 0.0390. The maximum Gasteiger partial charge on any atom is 0.225 e. The standard InChI is InChI=1S/C27H29N5O2/c1-18-8-9-25(33)22(14-18)24-16-21(23(17-28)27(29)31-24)19-6-5-7-20(15-19)30-26(34)10-13-32-11-3-2-4-12-32/h5-9,14-16,33H,2-4,10-13H2,1H3,(H2,29,31)(H,30,34). The van der Waals surface area contributed by atoms with Crippen LogP contribution < -0.4 is 11.1 Å². The number of aromatic nitrogens is 1. The molecule has 0 aliphatic carbocycles. The van der Waals surface area contributed by atoms with Crippen molar-refractivity contribution in [1.29, 1.82) is 5.26 Å². The van der Waals surface area contributed by atoms with Gasteiger partial charge in [-0.05, 0) is 68.8 Å². The van der Waals surface area contributed by atoms with Crippen LogP contribution in [0.2, 0.25) is 0 Å². The van der Waals surface area contributed by atoms with Crippen LogP contribution in [0.15, 0.2) is 48.5 Å². The molecule has 2 aromatic carbocycles. The molecule has 2 heterocycles. The van der Waals surface area contributed by atoms with Crippen molar-refractivity contribution in [3.63, 3.8) is 0 Å². The third-order valence-corrected chi connectivity index (χ3v) is 6.15. The number of nitriles is 1. The molecular formula is C27H29N5O2. The number of anilines is 2. The minimum Gasteiger partial charge on any atom is -0.507 e. The first kappa shape index (κ1) is 23.3. The van der Waals surface area contributed by atoms with Crippen LogP contribution >= 0.6 is 0 Å². The Labute approximate surface area is 199 Å². The normalized spacial score (nSPS) is 13.9. The molecule has 1 aromatic heterocycles. The average molecular weight is 456 g/mol. The third kappa shape index (κ3) is 5.36. The highest BCUT2D eigenvalue weighted by molar-refractivity contribution is 5.92. The monoisotopic (exact) mass is 455 g/mol. The van der Waals surface area contributed by atoms with Gasteiger partial charge in [0.2, 0.25) is 5.91 Å². The van der Waals surface area contributed by atoms with Crippen LogP contribution in [0.25, 0.3) is 22.4 Å². The van der Waals surface area contributed by atoms with Crippen molar-refractivity contribution in [2.24, 2.45) is 0 Å². The highest BCUT2D eigenvalue weighted by atomic mass is 16.3. The molecule has 7 nitrogen and oxygen atoms in total. The van der Waals surface area contributed by atoms with E-state index >= 15 is 0 Å². The van der Waals surface area contributed by atoms with Crippen molar-refractivity contribution < 1.29 is 9.90 Å². The Morgan fingerprint density at radius 3 is 2.71 bits per heavy atom. The van der Waals surface area contributed by atoms with E-state index in [2.05, 4.69) is 21.3 Å². The van der Waals surface area contributed by atoms with Gasteiger partial charge < -0.3 is 21.1 Å². The van der Waals surface area contributed by atoms with Crippen molar-refractivity contribution in [3.05, 3.63) is 59.7 Å². The molecule has 7 heteroatoms. The summed E-state index contributed by atoms with van der Waals surface area (Å²) in [4.78, 5) is 19.2. The number of aryl methyl sites for hydroxylation is 1. The van der Waals surface area contributed by atoms with Crippen molar-refractivity contribution in [1.82, 2.24) is 9.88 Å². The van der Waals surface area contributed by atoms with Gasteiger partial charge in [-0.25, -0.2) is 4.98 Å². The number of carbonyl (C=O) groups excluding carboxylic acids is 1. The Morgan fingerprint density at radius 1 is 1.15 bits per heavy atom. The van der Waals surface area contributed by atoms with Gasteiger partial charge in [0, 0.05) is 29.8 Å². The Bertz CT molecular complexity index is 1240. The van der Waals surface area contributed by atoms with Crippen LogP contribution in [0.3, 0.4) is 0 Å². The predicted octanol–water partition coefficient (Wildman–Crippen LogP) is 4.70. The van der Waals surface area contributed by atoms with E-state index in [9.17, 15) is 15.2 Å². The Balaban J connectivity index is 1.59. The number of nitrogens with two attached hydrogens (primary N) is 1. The van der Waals surface area contributed by atoms with Gasteiger partial charge in [-0.1, -0.05) is 30.2 Å². The SMILES string of the molecule is Cc1ccc(O)c(-c2cc(-c3cccc(NC(=O)CCN4CCCCC4)c3)c(C#N)c(N)n2)c1. The Hall–Kier alpha value is -3.89. The van der Waals surface area contributed by atoms with Crippen LogP contribution in [-0.2, 0) is 4.79 Å². The van der Waals surface area contributed by atoms with Gasteiger partial charge in [-0.2, -0.15) is 5.26 Å². The lowest BCUT2D eigenvalue weighted by molar-refractivity contribution is -0.116. The van der Waals surface area contributed by atoms with Gasteiger partial charge in [0.25, 0.3) is 0 Å². The number of carbonyl (C=O) groups is 1. The summed E-state index contributed by atoms with van der Waals surface area (Å²) in [5, 5.41) is 23.1. The summed E-state index contributed by atoms with van der Waals surface area (Å²) in [6.45, 7) is 4.80. The molecule has 3 aromatic rings. The molecule has 0 spiro atoms. The fourth-order valence-electron chi connectivity index (χ4n) is 4.33. The van der Waals surface area contributed by atoms with E-state index in [1.165, 1.54) is 19.3 Å². The summed E-state index contributed by atoms with van der Waals surface area (Å²) in [7, 11) is 0. The van der Waals surface area contributed by atoms with Crippen molar-refractivity contribution in [3.8, 4) is 34.2 Å². The fraction of sp³-hybridized carbons (Fsp3) is 0.296. The molecule has 4 rings (SSSR count). The topological polar surface area (TPSA) is 115 Å². The molecule has 34 heavy (non-hydrogen) atoms. The molecule has 1 amide bonds. The van der Waals surface area contributed by atoms with E-state index in [0.717, 1.165) is 30.8 Å². The zero-order chi connectivity index (χ0) is 24.1. The van der Waals surface area contributed by atoms with Crippen LogP contribution in [0.1, 0.15) is 36.8 Å². The number of phenols is 1. The van der Waals surface area contributed by atoms with Crippen molar-refractivity contribution >= 4 is 17.4 Å². The summed E-state index contributed by atoms with van der Waals surface area (Å²) >= 11 is 0. The predicted molar refractivity (Wildman–Crippen MR) is 134 cm³/mol. The quantitative estimate of drug-likeness (QED) is 0.496. The van der Waals surface area contributed by atoms with Gasteiger partial charge in [0.1, 0.15) is 23.2 Å². The largest absolute Gasteiger partial charge is 0.507 e. The number of likely N-dealkylation sites (tertiary alicyclic amines) is 1. The third-order valence-electron chi connectivity index (χ3n) is 6.15. The van der Waals surface area contributed by atoms with Gasteiger partial charge in [0.15, 0.2) is 0 Å².